The highest BCUT2D eigenvalue weighted by Gasteiger charge is 2.24. The normalized spacial score (nSPS) is 18.9. The largest absolute Gasteiger partial charge is 0.486 e. The second-order valence-corrected chi connectivity index (χ2v) is 7.63. The number of hydrogen-bond donors (Lipinski definition) is 1. The molecular formula is C24H26N4O3. The predicted octanol–water partition coefficient (Wildman–Crippen LogP) is 2.17. The Morgan fingerprint density at radius 1 is 1.06 bits per heavy atom. The first-order valence-electron chi connectivity index (χ1n) is 10.5. The number of carbonyl (C=O) groups is 1. The van der Waals surface area contributed by atoms with Crippen molar-refractivity contribution in [3.63, 3.8) is 0 Å². The third-order valence-corrected chi connectivity index (χ3v) is 5.42. The first-order valence-corrected chi connectivity index (χ1v) is 10.5. The maximum atomic E-state index is 12.8. The van der Waals surface area contributed by atoms with E-state index >= 15 is 0 Å². The molecule has 0 saturated carbocycles. The fourth-order valence-electron chi connectivity index (χ4n) is 3.72. The number of piperazine rings is 1. The van der Waals surface area contributed by atoms with Crippen molar-refractivity contribution >= 4 is 5.91 Å². The summed E-state index contributed by atoms with van der Waals surface area (Å²) in [5, 5.41) is 12.5. The summed E-state index contributed by atoms with van der Waals surface area (Å²) in [5.74, 6) is 1.20. The Bertz CT molecular complexity index is 962. The summed E-state index contributed by atoms with van der Waals surface area (Å²) in [6, 6.07) is 19.8. The van der Waals surface area contributed by atoms with Crippen molar-refractivity contribution in [1.29, 1.82) is 5.26 Å². The maximum absolute atomic E-state index is 12.8. The van der Waals surface area contributed by atoms with Crippen LogP contribution in [-0.2, 0) is 11.3 Å². The van der Waals surface area contributed by atoms with Crippen molar-refractivity contribution < 1.29 is 14.3 Å². The zero-order chi connectivity index (χ0) is 21.5. The van der Waals surface area contributed by atoms with E-state index in [2.05, 4.69) is 22.3 Å². The van der Waals surface area contributed by atoms with Gasteiger partial charge in [0.25, 0.3) is 5.91 Å². The molecule has 0 spiro atoms. The van der Waals surface area contributed by atoms with E-state index in [-0.39, 0.29) is 17.6 Å². The van der Waals surface area contributed by atoms with Gasteiger partial charge in [-0.3, -0.25) is 9.69 Å². The van der Waals surface area contributed by atoms with E-state index in [1.807, 2.05) is 48.5 Å². The van der Waals surface area contributed by atoms with Gasteiger partial charge in [-0.2, -0.15) is 5.26 Å². The van der Waals surface area contributed by atoms with Gasteiger partial charge in [0.1, 0.15) is 24.4 Å². The van der Waals surface area contributed by atoms with E-state index in [1.165, 1.54) is 11.8 Å². The van der Waals surface area contributed by atoms with Crippen LogP contribution in [0.15, 0.2) is 66.4 Å². The molecule has 7 heteroatoms. The van der Waals surface area contributed by atoms with Gasteiger partial charge in [-0.15, -0.1) is 0 Å². The monoisotopic (exact) mass is 418 g/mol. The number of rotatable bonds is 6. The summed E-state index contributed by atoms with van der Waals surface area (Å²) < 4.78 is 11.6. The van der Waals surface area contributed by atoms with Crippen LogP contribution in [0.1, 0.15) is 5.56 Å². The average molecular weight is 418 g/mol. The lowest BCUT2D eigenvalue weighted by molar-refractivity contribution is -0.128. The second-order valence-electron chi connectivity index (χ2n) is 7.63. The smallest absolute Gasteiger partial charge is 0.266 e. The number of nitrogens with zero attached hydrogens (tertiary/aromatic N) is 3. The Kier molecular flexibility index (Phi) is 6.70. The quantitative estimate of drug-likeness (QED) is 0.572. The predicted molar refractivity (Wildman–Crippen MR) is 116 cm³/mol. The number of fused-ring (bicyclic) bond motifs is 1. The number of nitrogens with one attached hydrogen (secondary N) is 1. The van der Waals surface area contributed by atoms with Crippen molar-refractivity contribution in [1.82, 2.24) is 15.1 Å². The Morgan fingerprint density at radius 3 is 2.52 bits per heavy atom. The van der Waals surface area contributed by atoms with Crippen LogP contribution in [0.2, 0.25) is 0 Å². The Labute approximate surface area is 182 Å². The molecule has 160 valence electrons. The van der Waals surface area contributed by atoms with Gasteiger partial charge in [0.15, 0.2) is 11.5 Å². The van der Waals surface area contributed by atoms with E-state index in [0.29, 0.717) is 32.0 Å². The summed E-state index contributed by atoms with van der Waals surface area (Å²) in [4.78, 5) is 16.8. The van der Waals surface area contributed by atoms with Gasteiger partial charge in [0.2, 0.25) is 0 Å². The van der Waals surface area contributed by atoms with Crippen LogP contribution in [0.3, 0.4) is 0 Å². The summed E-state index contributed by atoms with van der Waals surface area (Å²) in [5.41, 5.74) is 1.37. The standard InChI is InChI=1S/C24H26N4O3/c25-14-20(15-26-16-21-18-30-22-8-4-5-9-23(22)31-21)24(29)28-12-10-27(11-13-28)17-19-6-2-1-3-7-19/h1-9,15,21,26H,10-13,16-18H2/b20-15-. The van der Waals surface area contributed by atoms with Crippen LogP contribution in [0.4, 0.5) is 0 Å². The highest BCUT2D eigenvalue weighted by Crippen LogP contribution is 2.30. The molecule has 0 aromatic heterocycles. The van der Waals surface area contributed by atoms with E-state index in [9.17, 15) is 10.1 Å². The van der Waals surface area contributed by atoms with Crippen LogP contribution >= 0.6 is 0 Å². The summed E-state index contributed by atoms with van der Waals surface area (Å²) in [7, 11) is 0. The molecule has 1 unspecified atom stereocenters. The van der Waals surface area contributed by atoms with Gasteiger partial charge in [0.05, 0.1) is 6.54 Å². The number of amides is 1. The molecule has 2 aliphatic rings. The second kappa shape index (κ2) is 10.0. The highest BCUT2D eigenvalue weighted by molar-refractivity contribution is 5.97. The third-order valence-electron chi connectivity index (χ3n) is 5.42. The zero-order valence-corrected chi connectivity index (χ0v) is 17.4. The Hall–Kier alpha value is -3.50. The molecule has 2 aromatic rings. The molecule has 4 rings (SSSR count). The van der Waals surface area contributed by atoms with Crippen LogP contribution in [0.25, 0.3) is 0 Å². The van der Waals surface area contributed by atoms with Crippen molar-refractivity contribution in [2.24, 2.45) is 0 Å². The van der Waals surface area contributed by atoms with Crippen LogP contribution < -0.4 is 14.8 Å². The minimum absolute atomic E-state index is 0.105. The average Bonchev–Trinajstić information content (AvgIpc) is 2.82. The molecule has 1 saturated heterocycles. The van der Waals surface area contributed by atoms with Crippen LogP contribution in [-0.4, -0.2) is 61.1 Å². The van der Waals surface area contributed by atoms with Gasteiger partial charge in [0, 0.05) is 38.9 Å². The van der Waals surface area contributed by atoms with Gasteiger partial charge in [-0.1, -0.05) is 42.5 Å². The zero-order valence-electron chi connectivity index (χ0n) is 17.4. The fourth-order valence-corrected chi connectivity index (χ4v) is 3.72. The first-order chi connectivity index (χ1) is 15.2. The first kappa shape index (κ1) is 20.8. The van der Waals surface area contributed by atoms with Gasteiger partial charge >= 0.3 is 0 Å². The summed E-state index contributed by atoms with van der Waals surface area (Å²) in [6.07, 6.45) is 1.30. The maximum Gasteiger partial charge on any atom is 0.266 e. The Balaban J connectivity index is 1.25. The lowest BCUT2D eigenvalue weighted by Gasteiger charge is -2.34. The van der Waals surface area contributed by atoms with Crippen LogP contribution in [0.5, 0.6) is 11.5 Å². The fraction of sp³-hybridized carbons (Fsp3) is 0.333. The molecule has 7 nitrogen and oxygen atoms in total. The topological polar surface area (TPSA) is 77.8 Å². The Morgan fingerprint density at radius 2 is 1.77 bits per heavy atom. The molecule has 0 bridgehead atoms. The molecule has 1 N–H and O–H groups in total. The van der Waals surface area contributed by atoms with E-state index in [4.69, 9.17) is 9.47 Å². The molecular weight excluding hydrogens is 392 g/mol. The van der Waals surface area contributed by atoms with E-state index in [0.717, 1.165) is 25.4 Å². The van der Waals surface area contributed by atoms with Crippen molar-refractivity contribution in [2.75, 3.05) is 39.3 Å². The van der Waals surface area contributed by atoms with Crippen molar-refractivity contribution in [3.05, 3.63) is 71.9 Å². The molecule has 1 atom stereocenters. The molecule has 1 fully saturated rings. The number of nitriles is 1. The molecule has 2 aromatic carbocycles. The van der Waals surface area contributed by atoms with Crippen molar-refractivity contribution in [3.8, 4) is 17.6 Å². The SMILES string of the molecule is N#C/C(=C/NCC1COc2ccccc2O1)C(=O)N1CCN(Cc2ccccc2)CC1. The molecule has 31 heavy (non-hydrogen) atoms. The van der Waals surface area contributed by atoms with E-state index in [1.54, 1.807) is 4.90 Å². The van der Waals surface area contributed by atoms with Crippen molar-refractivity contribution in [2.45, 2.75) is 12.6 Å². The number of para-hydroxylation sites is 2. The molecule has 1 amide bonds. The van der Waals surface area contributed by atoms with Gasteiger partial charge < -0.3 is 19.7 Å². The lowest BCUT2D eigenvalue weighted by Crippen LogP contribution is -2.48. The number of benzene rings is 2. The molecule has 2 heterocycles. The lowest BCUT2D eigenvalue weighted by atomic mass is 10.2. The number of carbonyl (C=O) groups excluding carboxylic acids is 1. The highest BCUT2D eigenvalue weighted by atomic mass is 16.6. The molecule has 2 aliphatic heterocycles. The summed E-state index contributed by atoms with van der Waals surface area (Å²) in [6.45, 7) is 4.54. The molecule has 0 aliphatic carbocycles. The van der Waals surface area contributed by atoms with Crippen LogP contribution in [0, 0.1) is 11.3 Å². The minimum Gasteiger partial charge on any atom is -0.486 e. The minimum atomic E-state index is -0.236. The van der Waals surface area contributed by atoms with Gasteiger partial charge in [-0.05, 0) is 17.7 Å². The van der Waals surface area contributed by atoms with Gasteiger partial charge in [-0.25, -0.2) is 0 Å². The number of hydrogen-bond acceptors (Lipinski definition) is 6. The summed E-state index contributed by atoms with van der Waals surface area (Å²) >= 11 is 0. The van der Waals surface area contributed by atoms with E-state index < -0.39 is 0 Å². The molecule has 0 radical (unpaired) electrons. The third kappa shape index (κ3) is 5.36. The number of ether oxygens (including phenoxy) is 2.